The van der Waals surface area contributed by atoms with Gasteiger partial charge >= 0.3 is 17.9 Å². The van der Waals surface area contributed by atoms with Gasteiger partial charge in [-0.05, 0) is 96.3 Å². The average Bonchev–Trinajstić information content (AvgIpc) is 3.28. The standard InChI is InChI=1S/C57H92O6/c1-4-7-10-13-15-17-19-21-23-25-26-27-28-29-30-32-33-35-37-39-41-44-47-50-56(59)62-53-54(52-61-55(58)49-46-43-12-9-6-3)63-57(60)51-48-45-42-40-38-36-34-31-24-22-20-18-16-14-11-8-5-2/h7-8,10-11,15-18,21-24,26-27,34,36,40,42,54H,4-6,9,12-14,19-20,25,28-33,35,37-39,41,43-53H2,1-3H3/b10-7-,11-8-,17-15-,18-16-,23-21-,24-22-,27-26-,36-34-,42-40-. The molecule has 0 aromatic carbocycles. The molecule has 0 heterocycles. The molecule has 0 saturated heterocycles. The summed E-state index contributed by atoms with van der Waals surface area (Å²) in [5.41, 5.74) is 0. The van der Waals surface area contributed by atoms with Crippen molar-refractivity contribution in [2.75, 3.05) is 13.2 Å². The van der Waals surface area contributed by atoms with Crippen molar-refractivity contribution in [3.05, 3.63) is 109 Å². The minimum absolute atomic E-state index is 0.104. The topological polar surface area (TPSA) is 78.9 Å². The zero-order valence-electron chi connectivity index (χ0n) is 40.5. The second kappa shape index (κ2) is 50.7. The first-order valence-electron chi connectivity index (χ1n) is 25.4. The highest BCUT2D eigenvalue weighted by Gasteiger charge is 2.19. The van der Waals surface area contributed by atoms with Gasteiger partial charge in [0.1, 0.15) is 13.2 Å². The van der Waals surface area contributed by atoms with Crippen molar-refractivity contribution in [1.82, 2.24) is 0 Å². The fourth-order valence-corrected chi connectivity index (χ4v) is 6.53. The second-order valence-corrected chi connectivity index (χ2v) is 16.3. The minimum Gasteiger partial charge on any atom is -0.462 e. The molecule has 0 rings (SSSR count). The van der Waals surface area contributed by atoms with Gasteiger partial charge in [-0.15, -0.1) is 0 Å². The van der Waals surface area contributed by atoms with Crippen molar-refractivity contribution >= 4 is 17.9 Å². The number of carbonyl (C=O) groups is 3. The summed E-state index contributed by atoms with van der Waals surface area (Å²) in [6.45, 7) is 6.26. The van der Waals surface area contributed by atoms with Gasteiger partial charge in [-0.2, -0.15) is 0 Å². The Kier molecular flexibility index (Phi) is 47.5. The van der Waals surface area contributed by atoms with Gasteiger partial charge < -0.3 is 14.2 Å². The van der Waals surface area contributed by atoms with E-state index in [0.717, 1.165) is 116 Å². The number of allylic oxidation sites excluding steroid dienone is 18. The molecule has 0 aromatic rings. The fourth-order valence-electron chi connectivity index (χ4n) is 6.53. The van der Waals surface area contributed by atoms with Crippen LogP contribution in [0.2, 0.25) is 0 Å². The summed E-state index contributed by atoms with van der Waals surface area (Å²) in [6, 6.07) is 0. The number of hydrogen-bond acceptors (Lipinski definition) is 6. The van der Waals surface area contributed by atoms with E-state index in [9.17, 15) is 14.4 Å². The molecule has 63 heavy (non-hydrogen) atoms. The summed E-state index contributed by atoms with van der Waals surface area (Å²) in [5.74, 6) is -0.988. The van der Waals surface area contributed by atoms with Crippen molar-refractivity contribution in [2.45, 2.75) is 219 Å². The number of esters is 3. The monoisotopic (exact) mass is 873 g/mol. The van der Waals surface area contributed by atoms with E-state index in [4.69, 9.17) is 14.2 Å². The lowest BCUT2D eigenvalue weighted by Gasteiger charge is -2.18. The highest BCUT2D eigenvalue weighted by molar-refractivity contribution is 5.71. The zero-order chi connectivity index (χ0) is 45.8. The summed E-state index contributed by atoms with van der Waals surface area (Å²) in [6.07, 6.45) is 68.3. The second-order valence-electron chi connectivity index (χ2n) is 16.3. The molecular weight excluding hydrogens is 781 g/mol. The van der Waals surface area contributed by atoms with E-state index in [1.807, 2.05) is 0 Å². The Balaban J connectivity index is 4.24. The Morgan fingerprint density at radius 2 is 0.635 bits per heavy atom. The summed E-state index contributed by atoms with van der Waals surface area (Å²) in [7, 11) is 0. The maximum Gasteiger partial charge on any atom is 0.306 e. The SMILES string of the molecule is CC/C=C\C/C=C\C/C=C\C/C=C\C/C=C\CCCC(=O)OC(COC(=O)CCCCCCC)COC(=O)CCCCCCCCCCCC/C=C\C/C=C\C/C=C\C/C=C\CC. The molecule has 0 aromatic heterocycles. The van der Waals surface area contributed by atoms with Crippen LogP contribution in [0.25, 0.3) is 0 Å². The molecule has 356 valence electrons. The van der Waals surface area contributed by atoms with E-state index in [2.05, 4.69) is 130 Å². The Morgan fingerprint density at radius 1 is 0.333 bits per heavy atom. The van der Waals surface area contributed by atoms with E-state index in [1.54, 1.807) is 0 Å². The molecule has 0 saturated carbocycles. The van der Waals surface area contributed by atoms with Gasteiger partial charge in [0, 0.05) is 19.3 Å². The lowest BCUT2D eigenvalue weighted by molar-refractivity contribution is -0.167. The van der Waals surface area contributed by atoms with Crippen LogP contribution in [0.1, 0.15) is 213 Å². The van der Waals surface area contributed by atoms with E-state index in [-0.39, 0.29) is 37.5 Å². The van der Waals surface area contributed by atoms with Crippen LogP contribution in [0.3, 0.4) is 0 Å². The normalized spacial score (nSPS) is 13.0. The van der Waals surface area contributed by atoms with Gasteiger partial charge in [0.2, 0.25) is 0 Å². The molecular formula is C57H92O6. The average molecular weight is 873 g/mol. The zero-order valence-corrected chi connectivity index (χ0v) is 40.5. The van der Waals surface area contributed by atoms with Crippen LogP contribution in [0, 0.1) is 0 Å². The summed E-state index contributed by atoms with van der Waals surface area (Å²) in [5, 5.41) is 0. The molecule has 1 unspecified atom stereocenters. The van der Waals surface area contributed by atoms with Gasteiger partial charge in [0.05, 0.1) is 0 Å². The first-order valence-corrected chi connectivity index (χ1v) is 25.4. The van der Waals surface area contributed by atoms with Gasteiger partial charge in [-0.3, -0.25) is 14.4 Å². The Bertz CT molecular complexity index is 1330. The van der Waals surface area contributed by atoms with Crippen LogP contribution < -0.4 is 0 Å². The number of unbranched alkanes of at least 4 members (excludes halogenated alkanes) is 15. The first-order chi connectivity index (χ1) is 31.0. The van der Waals surface area contributed by atoms with Crippen LogP contribution in [0.4, 0.5) is 0 Å². The van der Waals surface area contributed by atoms with E-state index >= 15 is 0 Å². The van der Waals surface area contributed by atoms with Crippen LogP contribution in [0.5, 0.6) is 0 Å². The van der Waals surface area contributed by atoms with Crippen molar-refractivity contribution in [3.8, 4) is 0 Å². The Labute approximate surface area is 387 Å². The third-order valence-corrected chi connectivity index (χ3v) is 10.3. The van der Waals surface area contributed by atoms with Gasteiger partial charge in [0.25, 0.3) is 0 Å². The highest BCUT2D eigenvalue weighted by Crippen LogP contribution is 2.14. The smallest absolute Gasteiger partial charge is 0.306 e. The number of hydrogen-bond donors (Lipinski definition) is 0. The molecule has 0 N–H and O–H groups in total. The van der Waals surface area contributed by atoms with Crippen LogP contribution in [-0.2, 0) is 28.6 Å². The molecule has 0 aliphatic heterocycles. The lowest BCUT2D eigenvalue weighted by Crippen LogP contribution is -2.30. The molecule has 0 aliphatic rings. The third kappa shape index (κ3) is 49.0. The molecule has 6 heteroatoms. The molecule has 1 atom stereocenters. The molecule has 0 fully saturated rings. The van der Waals surface area contributed by atoms with Gasteiger partial charge in [0.15, 0.2) is 6.10 Å². The van der Waals surface area contributed by atoms with Crippen molar-refractivity contribution in [3.63, 3.8) is 0 Å². The van der Waals surface area contributed by atoms with E-state index in [0.29, 0.717) is 19.3 Å². The molecule has 0 aliphatic carbocycles. The maximum absolute atomic E-state index is 12.7. The maximum atomic E-state index is 12.7. The summed E-state index contributed by atoms with van der Waals surface area (Å²) in [4.78, 5) is 37.6. The van der Waals surface area contributed by atoms with Gasteiger partial charge in [-0.25, -0.2) is 0 Å². The predicted octanol–water partition coefficient (Wildman–Crippen LogP) is 16.8. The molecule has 0 amide bonds. The molecule has 0 bridgehead atoms. The Hall–Kier alpha value is -3.93. The molecule has 6 nitrogen and oxygen atoms in total. The largest absolute Gasteiger partial charge is 0.462 e. The molecule has 0 radical (unpaired) electrons. The minimum atomic E-state index is -0.807. The third-order valence-electron chi connectivity index (χ3n) is 10.3. The quantitative estimate of drug-likeness (QED) is 0.0263. The number of ether oxygens (including phenoxy) is 3. The van der Waals surface area contributed by atoms with Crippen molar-refractivity contribution in [2.24, 2.45) is 0 Å². The van der Waals surface area contributed by atoms with E-state index < -0.39 is 6.10 Å². The lowest BCUT2D eigenvalue weighted by atomic mass is 10.1. The predicted molar refractivity (Wildman–Crippen MR) is 270 cm³/mol. The first kappa shape index (κ1) is 59.1. The van der Waals surface area contributed by atoms with Gasteiger partial charge in [-0.1, -0.05) is 207 Å². The number of carbonyl (C=O) groups excluding carboxylic acids is 3. The molecule has 0 spiro atoms. The van der Waals surface area contributed by atoms with Crippen LogP contribution >= 0.6 is 0 Å². The van der Waals surface area contributed by atoms with Crippen molar-refractivity contribution < 1.29 is 28.6 Å². The highest BCUT2D eigenvalue weighted by atomic mass is 16.6. The van der Waals surface area contributed by atoms with E-state index in [1.165, 1.54) is 51.4 Å². The fraction of sp³-hybridized carbons (Fsp3) is 0.632. The number of rotatable bonds is 44. The summed E-state index contributed by atoms with van der Waals surface area (Å²) >= 11 is 0. The summed E-state index contributed by atoms with van der Waals surface area (Å²) < 4.78 is 16.6. The van der Waals surface area contributed by atoms with Crippen LogP contribution in [-0.4, -0.2) is 37.2 Å². The Morgan fingerprint density at radius 3 is 1.02 bits per heavy atom. The van der Waals surface area contributed by atoms with Crippen molar-refractivity contribution in [1.29, 1.82) is 0 Å². The van der Waals surface area contributed by atoms with Crippen LogP contribution in [0.15, 0.2) is 109 Å².